The van der Waals surface area contributed by atoms with Gasteiger partial charge in [-0.05, 0) is 12.1 Å². The Labute approximate surface area is 121 Å². The van der Waals surface area contributed by atoms with Crippen molar-refractivity contribution in [2.45, 2.75) is 4.90 Å². The van der Waals surface area contributed by atoms with Gasteiger partial charge in [-0.2, -0.15) is 0 Å². The Bertz CT molecular complexity index is 550. The third-order valence-electron chi connectivity index (χ3n) is 2.55. The second-order valence-corrected chi connectivity index (χ2v) is 6.42. The number of morpholine rings is 1. The molecule has 0 radical (unpaired) electrons. The highest BCUT2D eigenvalue weighted by Crippen LogP contribution is 2.31. The zero-order valence-corrected chi connectivity index (χ0v) is 12.2. The molecule has 1 aliphatic rings. The monoisotopic (exact) mass is 325 g/mol. The summed E-state index contributed by atoms with van der Waals surface area (Å²) < 4.78 is 29.6. The van der Waals surface area contributed by atoms with E-state index in [2.05, 4.69) is 4.83 Å². The number of hydrogen-bond donors (Lipinski definition) is 2. The molecule has 1 fully saturated rings. The van der Waals surface area contributed by atoms with Crippen LogP contribution in [-0.2, 0) is 14.8 Å². The topological polar surface area (TPSA) is 84.7 Å². The first-order valence-electron chi connectivity index (χ1n) is 5.50. The smallest absolute Gasteiger partial charge is 0.256 e. The quantitative estimate of drug-likeness (QED) is 0.813. The standard InChI is InChI=1S/C10H13Cl2N3O3S/c11-8-5-7(13)6-9(12)10(8)19(16,17)14-15-1-3-18-4-2-15/h5-6,14H,1-4,13H2. The number of halogens is 2. The van der Waals surface area contributed by atoms with Gasteiger partial charge >= 0.3 is 0 Å². The number of anilines is 1. The number of nitrogens with two attached hydrogens (primary N) is 1. The molecule has 19 heavy (non-hydrogen) atoms. The molecule has 0 unspecified atom stereocenters. The van der Waals surface area contributed by atoms with Gasteiger partial charge in [-0.15, -0.1) is 4.83 Å². The molecule has 1 aliphatic heterocycles. The average molecular weight is 326 g/mol. The highest BCUT2D eigenvalue weighted by Gasteiger charge is 2.25. The van der Waals surface area contributed by atoms with Crippen molar-refractivity contribution >= 4 is 38.9 Å². The van der Waals surface area contributed by atoms with E-state index in [1.54, 1.807) is 5.01 Å². The van der Waals surface area contributed by atoms with Gasteiger partial charge in [0.15, 0.2) is 0 Å². The van der Waals surface area contributed by atoms with Crippen molar-refractivity contribution < 1.29 is 13.2 Å². The van der Waals surface area contributed by atoms with Crippen LogP contribution in [-0.4, -0.2) is 39.7 Å². The number of rotatable bonds is 3. The van der Waals surface area contributed by atoms with Crippen molar-refractivity contribution in [2.75, 3.05) is 32.0 Å². The normalized spacial score (nSPS) is 17.6. The lowest BCUT2D eigenvalue weighted by atomic mass is 10.3. The van der Waals surface area contributed by atoms with Crippen LogP contribution < -0.4 is 10.6 Å². The molecule has 0 aliphatic carbocycles. The number of hydrogen-bond acceptors (Lipinski definition) is 5. The van der Waals surface area contributed by atoms with E-state index in [4.69, 9.17) is 33.7 Å². The fourth-order valence-electron chi connectivity index (χ4n) is 1.71. The highest BCUT2D eigenvalue weighted by atomic mass is 35.5. The van der Waals surface area contributed by atoms with Gasteiger partial charge in [-0.3, -0.25) is 0 Å². The van der Waals surface area contributed by atoms with Crippen molar-refractivity contribution in [3.05, 3.63) is 22.2 Å². The Morgan fingerprint density at radius 2 is 1.74 bits per heavy atom. The minimum atomic E-state index is -3.84. The van der Waals surface area contributed by atoms with Gasteiger partial charge in [-0.25, -0.2) is 13.4 Å². The first-order valence-corrected chi connectivity index (χ1v) is 7.74. The maximum atomic E-state index is 12.3. The van der Waals surface area contributed by atoms with Gasteiger partial charge in [0.05, 0.1) is 23.3 Å². The Morgan fingerprint density at radius 3 is 2.26 bits per heavy atom. The molecule has 106 valence electrons. The largest absolute Gasteiger partial charge is 0.399 e. The molecule has 1 aromatic carbocycles. The number of benzene rings is 1. The number of nitrogens with one attached hydrogen (secondary N) is 1. The van der Waals surface area contributed by atoms with Crippen LogP contribution in [0.2, 0.25) is 10.0 Å². The van der Waals surface area contributed by atoms with Crippen LogP contribution in [0.3, 0.4) is 0 Å². The number of ether oxygens (including phenoxy) is 1. The van der Waals surface area contributed by atoms with Gasteiger partial charge in [0.2, 0.25) is 0 Å². The van der Waals surface area contributed by atoms with Gasteiger partial charge in [0, 0.05) is 18.8 Å². The van der Waals surface area contributed by atoms with Gasteiger partial charge in [0.1, 0.15) is 4.90 Å². The molecule has 3 N–H and O–H groups in total. The van der Waals surface area contributed by atoms with Crippen LogP contribution in [0.15, 0.2) is 17.0 Å². The van der Waals surface area contributed by atoms with E-state index >= 15 is 0 Å². The Kier molecular flexibility index (Phi) is 4.54. The fourth-order valence-corrected chi connectivity index (χ4v) is 4.06. The summed E-state index contributed by atoms with van der Waals surface area (Å²) in [7, 11) is -3.84. The molecule has 0 aromatic heterocycles. The molecule has 9 heteroatoms. The van der Waals surface area contributed by atoms with Crippen LogP contribution >= 0.6 is 23.2 Å². The zero-order valence-electron chi connectivity index (χ0n) is 9.90. The van der Waals surface area contributed by atoms with E-state index in [-0.39, 0.29) is 14.9 Å². The van der Waals surface area contributed by atoms with Gasteiger partial charge in [0.25, 0.3) is 10.0 Å². The second kappa shape index (κ2) is 5.82. The lowest BCUT2D eigenvalue weighted by Gasteiger charge is -2.27. The van der Waals surface area contributed by atoms with Gasteiger partial charge < -0.3 is 10.5 Å². The molecule has 0 atom stereocenters. The molecule has 1 aromatic rings. The van der Waals surface area contributed by atoms with Crippen molar-refractivity contribution in [1.82, 2.24) is 9.84 Å². The Morgan fingerprint density at radius 1 is 1.21 bits per heavy atom. The Balaban J connectivity index is 2.29. The van der Waals surface area contributed by atoms with Crippen molar-refractivity contribution in [3.8, 4) is 0 Å². The van der Waals surface area contributed by atoms with Crippen LogP contribution in [0.25, 0.3) is 0 Å². The summed E-state index contributed by atoms with van der Waals surface area (Å²) in [5.41, 5.74) is 5.85. The number of hydrazine groups is 1. The summed E-state index contributed by atoms with van der Waals surface area (Å²) in [6.07, 6.45) is 0. The summed E-state index contributed by atoms with van der Waals surface area (Å²) >= 11 is 11.8. The fraction of sp³-hybridized carbons (Fsp3) is 0.400. The van der Waals surface area contributed by atoms with Crippen LogP contribution in [0, 0.1) is 0 Å². The van der Waals surface area contributed by atoms with Crippen molar-refractivity contribution in [1.29, 1.82) is 0 Å². The molecule has 6 nitrogen and oxygen atoms in total. The molecule has 2 rings (SSSR count). The summed E-state index contributed by atoms with van der Waals surface area (Å²) in [5, 5.41) is 1.53. The lowest BCUT2D eigenvalue weighted by Crippen LogP contribution is -2.48. The van der Waals surface area contributed by atoms with Crippen molar-refractivity contribution in [3.63, 3.8) is 0 Å². The van der Waals surface area contributed by atoms with E-state index < -0.39 is 10.0 Å². The Hall–Kier alpha value is -0.570. The van der Waals surface area contributed by atoms with Crippen molar-refractivity contribution in [2.24, 2.45) is 0 Å². The van der Waals surface area contributed by atoms with E-state index in [0.29, 0.717) is 32.0 Å². The second-order valence-electron chi connectivity index (χ2n) is 4.01. The molecule has 0 spiro atoms. The first kappa shape index (κ1) is 14.8. The first-order chi connectivity index (χ1) is 8.90. The maximum Gasteiger partial charge on any atom is 0.256 e. The zero-order chi connectivity index (χ0) is 14.0. The number of nitrogens with zero attached hydrogens (tertiary/aromatic N) is 1. The van der Waals surface area contributed by atoms with E-state index in [1.165, 1.54) is 12.1 Å². The minimum Gasteiger partial charge on any atom is -0.399 e. The third-order valence-corrected chi connectivity index (χ3v) is 4.85. The predicted octanol–water partition coefficient (Wildman–Crippen LogP) is 1.10. The molecule has 0 saturated carbocycles. The molecule has 1 saturated heterocycles. The number of sulfonamides is 1. The van der Waals surface area contributed by atoms with Crippen LogP contribution in [0.4, 0.5) is 5.69 Å². The predicted molar refractivity (Wildman–Crippen MR) is 73.6 cm³/mol. The number of nitrogen functional groups attached to an aromatic ring is 1. The summed E-state index contributed by atoms with van der Waals surface area (Å²) in [6.45, 7) is 1.85. The molecule has 0 bridgehead atoms. The molecule has 0 amide bonds. The van der Waals surface area contributed by atoms with E-state index in [1.807, 2.05) is 0 Å². The molecular weight excluding hydrogens is 313 g/mol. The van der Waals surface area contributed by atoms with E-state index in [9.17, 15) is 8.42 Å². The SMILES string of the molecule is Nc1cc(Cl)c(S(=O)(=O)NN2CCOCC2)c(Cl)c1. The average Bonchev–Trinajstić information content (AvgIpc) is 2.27. The third kappa shape index (κ3) is 3.50. The highest BCUT2D eigenvalue weighted by molar-refractivity contribution is 7.89. The summed E-state index contributed by atoms with van der Waals surface area (Å²) in [4.78, 5) is 2.26. The lowest BCUT2D eigenvalue weighted by molar-refractivity contribution is 0.0272. The molecule has 1 heterocycles. The summed E-state index contributed by atoms with van der Waals surface area (Å²) in [6, 6.07) is 2.70. The molecular formula is C10H13Cl2N3O3S. The maximum absolute atomic E-state index is 12.3. The van der Waals surface area contributed by atoms with E-state index in [0.717, 1.165) is 0 Å². The van der Waals surface area contributed by atoms with Gasteiger partial charge in [-0.1, -0.05) is 23.2 Å². The minimum absolute atomic E-state index is 0.00856. The van der Waals surface area contributed by atoms with Crippen LogP contribution in [0.1, 0.15) is 0 Å². The summed E-state index contributed by atoms with van der Waals surface area (Å²) in [5.74, 6) is 0. The van der Waals surface area contributed by atoms with Crippen LogP contribution in [0.5, 0.6) is 0 Å².